The van der Waals surface area contributed by atoms with E-state index < -0.39 is 34.5 Å². The van der Waals surface area contributed by atoms with Gasteiger partial charge in [-0.25, -0.2) is 8.42 Å². The number of hydrogen-bond acceptors (Lipinski definition) is 6. The zero-order chi connectivity index (χ0) is 22.5. The SMILES string of the molecule is Cc1nn(C)c(C)c1NC(=O)C(C)OC(=O)CN1c2cccc3cccc(c23)S1(=O)=O. The summed E-state index contributed by atoms with van der Waals surface area (Å²) >= 11 is 0. The highest BCUT2D eigenvalue weighted by atomic mass is 32.2. The molecular weight excluding hydrogens is 420 g/mol. The molecule has 0 radical (unpaired) electrons. The van der Waals surface area contributed by atoms with Crippen LogP contribution in [-0.2, 0) is 31.4 Å². The fourth-order valence-electron chi connectivity index (χ4n) is 3.71. The molecule has 1 aromatic heterocycles. The van der Waals surface area contributed by atoms with Crippen molar-refractivity contribution in [1.29, 1.82) is 0 Å². The number of esters is 1. The number of aromatic nitrogens is 2. The Balaban J connectivity index is 1.49. The second kappa shape index (κ2) is 7.38. The van der Waals surface area contributed by atoms with Crippen LogP contribution < -0.4 is 9.62 Å². The van der Waals surface area contributed by atoms with Gasteiger partial charge in [-0.2, -0.15) is 5.10 Å². The van der Waals surface area contributed by atoms with E-state index in [0.29, 0.717) is 22.5 Å². The van der Waals surface area contributed by atoms with E-state index in [0.717, 1.165) is 15.4 Å². The van der Waals surface area contributed by atoms with Crippen molar-refractivity contribution in [3.63, 3.8) is 0 Å². The third-order valence-corrected chi connectivity index (χ3v) is 7.19. The first kappa shape index (κ1) is 20.9. The molecule has 0 aliphatic carbocycles. The minimum Gasteiger partial charge on any atom is -0.451 e. The molecule has 2 heterocycles. The number of amides is 1. The highest BCUT2D eigenvalue weighted by molar-refractivity contribution is 7.93. The van der Waals surface area contributed by atoms with Gasteiger partial charge in [-0.1, -0.05) is 24.3 Å². The zero-order valence-electron chi connectivity index (χ0n) is 17.5. The second-order valence-corrected chi connectivity index (χ2v) is 9.26. The number of carbonyl (C=O) groups excluding carboxylic acids is 2. The number of aryl methyl sites for hydroxylation is 2. The van der Waals surface area contributed by atoms with E-state index in [1.54, 1.807) is 36.9 Å². The van der Waals surface area contributed by atoms with Crippen LogP contribution in [0.1, 0.15) is 18.3 Å². The summed E-state index contributed by atoms with van der Waals surface area (Å²) < 4.78 is 33.8. The molecule has 162 valence electrons. The van der Waals surface area contributed by atoms with Gasteiger partial charge in [0.05, 0.1) is 27.7 Å². The monoisotopic (exact) mass is 442 g/mol. The van der Waals surface area contributed by atoms with E-state index in [1.165, 1.54) is 13.0 Å². The van der Waals surface area contributed by atoms with Gasteiger partial charge in [0.2, 0.25) is 0 Å². The minimum atomic E-state index is -3.89. The topological polar surface area (TPSA) is 111 Å². The second-order valence-electron chi connectivity index (χ2n) is 7.43. The first-order valence-corrected chi connectivity index (χ1v) is 11.1. The molecule has 1 aliphatic heterocycles. The molecular formula is C21H22N4O5S. The fourth-order valence-corrected chi connectivity index (χ4v) is 5.37. The predicted octanol–water partition coefficient (Wildman–Crippen LogP) is 2.27. The van der Waals surface area contributed by atoms with Gasteiger partial charge >= 0.3 is 5.97 Å². The van der Waals surface area contributed by atoms with Gasteiger partial charge in [-0.15, -0.1) is 0 Å². The van der Waals surface area contributed by atoms with Crippen molar-refractivity contribution in [2.75, 3.05) is 16.2 Å². The van der Waals surface area contributed by atoms with Gasteiger partial charge in [0.25, 0.3) is 15.9 Å². The summed E-state index contributed by atoms with van der Waals surface area (Å²) in [4.78, 5) is 25.2. The largest absolute Gasteiger partial charge is 0.451 e. The van der Waals surface area contributed by atoms with Crippen LogP contribution in [-0.4, -0.2) is 42.7 Å². The van der Waals surface area contributed by atoms with Crippen molar-refractivity contribution in [3.05, 3.63) is 47.8 Å². The van der Waals surface area contributed by atoms with Gasteiger partial charge in [0.15, 0.2) is 6.10 Å². The van der Waals surface area contributed by atoms with E-state index in [2.05, 4.69) is 10.4 Å². The Morgan fingerprint density at radius 2 is 1.84 bits per heavy atom. The highest BCUT2D eigenvalue weighted by Crippen LogP contribution is 2.41. The zero-order valence-corrected chi connectivity index (χ0v) is 18.4. The summed E-state index contributed by atoms with van der Waals surface area (Å²) in [6.45, 7) is 4.47. The smallest absolute Gasteiger partial charge is 0.327 e. The van der Waals surface area contributed by atoms with E-state index >= 15 is 0 Å². The average molecular weight is 442 g/mol. The summed E-state index contributed by atoms with van der Waals surface area (Å²) in [6, 6.07) is 10.2. The number of benzene rings is 2. The standard InChI is InChI=1S/C21H22N4O5S/c1-12-20(13(2)24(4)23-12)22-21(27)14(3)30-18(26)11-25-16-9-5-7-15-8-6-10-17(19(15)16)31(25,28)29/h5-10,14H,11H2,1-4H3,(H,22,27). The molecule has 0 saturated heterocycles. The van der Waals surface area contributed by atoms with E-state index in [4.69, 9.17) is 4.74 Å². The van der Waals surface area contributed by atoms with Crippen LogP contribution in [0.5, 0.6) is 0 Å². The number of nitrogens with zero attached hydrogens (tertiary/aromatic N) is 3. The summed E-state index contributed by atoms with van der Waals surface area (Å²) in [5.74, 6) is -1.35. The maximum absolute atomic E-state index is 13.0. The molecule has 1 N–H and O–H groups in total. The van der Waals surface area contributed by atoms with Crippen LogP contribution in [0.15, 0.2) is 41.3 Å². The number of ether oxygens (including phenoxy) is 1. The normalized spacial score (nSPS) is 15.2. The number of anilines is 2. The number of carbonyl (C=O) groups is 2. The van der Waals surface area contributed by atoms with Crippen molar-refractivity contribution in [2.45, 2.75) is 31.8 Å². The molecule has 9 nitrogen and oxygen atoms in total. The Morgan fingerprint density at radius 3 is 2.48 bits per heavy atom. The molecule has 0 fully saturated rings. The van der Waals surface area contributed by atoms with Gasteiger partial charge < -0.3 is 10.1 Å². The highest BCUT2D eigenvalue weighted by Gasteiger charge is 2.37. The maximum atomic E-state index is 13.0. The van der Waals surface area contributed by atoms with Crippen molar-refractivity contribution >= 4 is 44.0 Å². The number of nitrogens with one attached hydrogen (secondary N) is 1. The third kappa shape index (κ3) is 3.42. The molecule has 1 atom stereocenters. The van der Waals surface area contributed by atoms with Crippen LogP contribution in [0.2, 0.25) is 0 Å². The summed E-state index contributed by atoms with van der Waals surface area (Å²) in [7, 11) is -2.13. The molecule has 1 unspecified atom stereocenters. The Kier molecular flexibility index (Phi) is 4.97. The Labute approximate surface area is 179 Å². The van der Waals surface area contributed by atoms with Gasteiger partial charge in [-0.3, -0.25) is 18.6 Å². The summed E-state index contributed by atoms with van der Waals surface area (Å²) in [5, 5.41) is 8.28. The van der Waals surface area contributed by atoms with Crippen molar-refractivity contribution in [1.82, 2.24) is 9.78 Å². The van der Waals surface area contributed by atoms with Crippen LogP contribution in [0.3, 0.4) is 0 Å². The van der Waals surface area contributed by atoms with Gasteiger partial charge in [-0.05, 0) is 38.3 Å². The summed E-state index contributed by atoms with van der Waals surface area (Å²) in [6.07, 6.45) is -1.12. The third-order valence-electron chi connectivity index (χ3n) is 5.39. The Morgan fingerprint density at radius 1 is 1.16 bits per heavy atom. The van der Waals surface area contributed by atoms with Crippen LogP contribution in [0, 0.1) is 13.8 Å². The Bertz CT molecular complexity index is 1320. The van der Waals surface area contributed by atoms with Crippen molar-refractivity contribution < 1.29 is 22.7 Å². The average Bonchev–Trinajstić information content (AvgIpc) is 3.08. The molecule has 31 heavy (non-hydrogen) atoms. The molecule has 3 aromatic rings. The van der Waals surface area contributed by atoms with Crippen LogP contribution >= 0.6 is 0 Å². The molecule has 0 bridgehead atoms. The van der Waals surface area contributed by atoms with Crippen LogP contribution in [0.4, 0.5) is 11.4 Å². The lowest BCUT2D eigenvalue weighted by molar-refractivity contribution is -0.151. The number of hydrogen-bond donors (Lipinski definition) is 1. The molecule has 2 aromatic carbocycles. The minimum absolute atomic E-state index is 0.154. The predicted molar refractivity (Wildman–Crippen MR) is 115 cm³/mol. The van der Waals surface area contributed by atoms with E-state index in [1.807, 2.05) is 19.1 Å². The molecule has 4 rings (SSSR count). The number of rotatable bonds is 5. The maximum Gasteiger partial charge on any atom is 0.327 e. The molecule has 0 saturated carbocycles. The molecule has 1 amide bonds. The lowest BCUT2D eigenvalue weighted by Gasteiger charge is -2.19. The fraction of sp³-hybridized carbons (Fsp3) is 0.286. The van der Waals surface area contributed by atoms with E-state index in [-0.39, 0.29) is 4.90 Å². The van der Waals surface area contributed by atoms with Gasteiger partial charge in [0, 0.05) is 12.4 Å². The molecule has 10 heteroatoms. The van der Waals surface area contributed by atoms with Gasteiger partial charge in [0.1, 0.15) is 6.54 Å². The quantitative estimate of drug-likeness (QED) is 0.607. The Hall–Kier alpha value is -3.40. The number of sulfonamides is 1. The first-order chi connectivity index (χ1) is 14.6. The van der Waals surface area contributed by atoms with Crippen LogP contribution in [0.25, 0.3) is 10.8 Å². The van der Waals surface area contributed by atoms with E-state index in [9.17, 15) is 18.0 Å². The lowest BCUT2D eigenvalue weighted by atomic mass is 10.1. The molecule has 0 spiro atoms. The van der Waals surface area contributed by atoms with Crippen molar-refractivity contribution in [3.8, 4) is 0 Å². The lowest BCUT2D eigenvalue weighted by Crippen LogP contribution is -2.37. The first-order valence-electron chi connectivity index (χ1n) is 9.66. The summed E-state index contributed by atoms with van der Waals surface area (Å²) in [5.41, 5.74) is 2.38. The van der Waals surface area contributed by atoms with Crippen molar-refractivity contribution in [2.24, 2.45) is 7.05 Å². The molecule has 1 aliphatic rings.